The van der Waals surface area contributed by atoms with Crippen LogP contribution in [0.3, 0.4) is 0 Å². The summed E-state index contributed by atoms with van der Waals surface area (Å²) >= 11 is 3.14. The highest BCUT2D eigenvalue weighted by molar-refractivity contribution is 9.10. The van der Waals surface area contributed by atoms with E-state index in [1.54, 1.807) is 6.07 Å². The van der Waals surface area contributed by atoms with Crippen molar-refractivity contribution in [3.05, 3.63) is 52.3 Å². The molecule has 0 saturated heterocycles. The second kappa shape index (κ2) is 5.27. The Bertz CT molecular complexity index is 646. The van der Waals surface area contributed by atoms with Gasteiger partial charge in [-0.3, -0.25) is 0 Å². The lowest BCUT2D eigenvalue weighted by molar-refractivity contribution is 0.0698. The van der Waals surface area contributed by atoms with E-state index in [-0.39, 0.29) is 22.7 Å². The Hall–Kier alpha value is -2.08. The third-order valence-electron chi connectivity index (χ3n) is 2.38. The fourth-order valence-corrected chi connectivity index (χ4v) is 1.82. The van der Waals surface area contributed by atoms with Crippen LogP contribution in [-0.4, -0.2) is 11.1 Å². The predicted molar refractivity (Wildman–Crippen MR) is 72.0 cm³/mol. The fraction of sp³-hybridized carbons (Fsp3) is 0. The molecule has 2 aromatic carbocycles. The quantitative estimate of drug-likeness (QED) is 0.844. The Morgan fingerprint density at radius 3 is 2.58 bits per heavy atom. The lowest BCUT2D eigenvalue weighted by Crippen LogP contribution is -2.02. The van der Waals surface area contributed by atoms with Crippen molar-refractivity contribution < 1.29 is 19.0 Å². The van der Waals surface area contributed by atoms with Crippen LogP contribution in [-0.2, 0) is 0 Å². The first-order valence-electron chi connectivity index (χ1n) is 5.23. The number of carbonyl (C=O) groups is 1. The largest absolute Gasteiger partial charge is 0.478 e. The zero-order valence-electron chi connectivity index (χ0n) is 9.56. The van der Waals surface area contributed by atoms with Gasteiger partial charge in [-0.1, -0.05) is 15.9 Å². The van der Waals surface area contributed by atoms with Crippen molar-refractivity contribution in [3.63, 3.8) is 0 Å². The average Bonchev–Trinajstić information content (AvgIpc) is 2.32. The van der Waals surface area contributed by atoms with E-state index in [0.29, 0.717) is 4.47 Å². The van der Waals surface area contributed by atoms with Crippen molar-refractivity contribution in [3.8, 4) is 11.5 Å². The van der Waals surface area contributed by atoms with E-state index in [0.717, 1.165) is 0 Å². The van der Waals surface area contributed by atoms with E-state index < -0.39 is 11.8 Å². The molecule has 0 fully saturated rings. The minimum Gasteiger partial charge on any atom is -0.478 e. The number of hydrogen-bond donors (Lipinski definition) is 2. The molecule has 0 aliphatic rings. The first-order chi connectivity index (χ1) is 8.97. The van der Waals surface area contributed by atoms with Crippen molar-refractivity contribution in [1.29, 1.82) is 0 Å². The Labute approximate surface area is 116 Å². The zero-order valence-corrected chi connectivity index (χ0v) is 11.1. The van der Waals surface area contributed by atoms with E-state index in [4.69, 9.17) is 15.6 Å². The molecule has 19 heavy (non-hydrogen) atoms. The molecule has 0 aliphatic carbocycles. The lowest BCUT2D eigenvalue weighted by atomic mass is 10.2. The summed E-state index contributed by atoms with van der Waals surface area (Å²) in [6.07, 6.45) is 0. The first kappa shape index (κ1) is 13.4. The van der Waals surface area contributed by atoms with Crippen LogP contribution in [0.1, 0.15) is 10.4 Å². The van der Waals surface area contributed by atoms with Crippen molar-refractivity contribution in [2.75, 3.05) is 5.73 Å². The maximum Gasteiger partial charge on any atom is 0.337 e. The molecule has 6 heteroatoms. The van der Waals surface area contributed by atoms with Gasteiger partial charge >= 0.3 is 5.97 Å². The van der Waals surface area contributed by atoms with Crippen molar-refractivity contribution in [2.45, 2.75) is 0 Å². The number of anilines is 1. The van der Waals surface area contributed by atoms with Crippen molar-refractivity contribution >= 4 is 27.6 Å². The number of carboxylic acid groups (broad SMARTS) is 1. The first-order valence-corrected chi connectivity index (χ1v) is 6.02. The van der Waals surface area contributed by atoms with Crippen LogP contribution in [0.5, 0.6) is 11.5 Å². The normalized spacial score (nSPS) is 10.2. The summed E-state index contributed by atoms with van der Waals surface area (Å²) in [6.45, 7) is 0. The summed E-state index contributed by atoms with van der Waals surface area (Å²) in [4.78, 5) is 10.8. The number of nitrogens with two attached hydrogens (primary N) is 1. The van der Waals surface area contributed by atoms with Crippen LogP contribution in [0.15, 0.2) is 40.9 Å². The summed E-state index contributed by atoms with van der Waals surface area (Å²) in [5, 5.41) is 8.83. The molecule has 0 unspecified atom stereocenters. The molecule has 3 N–H and O–H groups in total. The van der Waals surface area contributed by atoms with Crippen LogP contribution >= 0.6 is 15.9 Å². The third kappa shape index (κ3) is 3.03. The SMILES string of the molecule is Nc1cc(Oc2ccc(Br)cc2F)ccc1C(=O)O. The van der Waals surface area contributed by atoms with Crippen LogP contribution in [0.4, 0.5) is 10.1 Å². The monoisotopic (exact) mass is 325 g/mol. The van der Waals surface area contributed by atoms with Gasteiger partial charge in [-0.05, 0) is 30.3 Å². The van der Waals surface area contributed by atoms with Gasteiger partial charge in [0, 0.05) is 16.2 Å². The number of halogens is 2. The molecule has 4 nitrogen and oxygen atoms in total. The van der Waals surface area contributed by atoms with Gasteiger partial charge in [-0.25, -0.2) is 9.18 Å². The smallest absolute Gasteiger partial charge is 0.337 e. The standard InChI is InChI=1S/C13H9BrFNO3/c14-7-1-4-12(10(15)5-7)19-8-2-3-9(13(17)18)11(16)6-8/h1-6H,16H2,(H,17,18). The molecular weight excluding hydrogens is 317 g/mol. The number of carboxylic acids is 1. The van der Waals surface area contributed by atoms with Gasteiger partial charge in [0.15, 0.2) is 11.6 Å². The van der Waals surface area contributed by atoms with Crippen LogP contribution in [0.25, 0.3) is 0 Å². The van der Waals surface area contributed by atoms with E-state index >= 15 is 0 Å². The average molecular weight is 326 g/mol. The zero-order chi connectivity index (χ0) is 14.0. The number of benzene rings is 2. The second-order valence-corrected chi connectivity index (χ2v) is 4.65. The number of rotatable bonds is 3. The third-order valence-corrected chi connectivity index (χ3v) is 2.87. The highest BCUT2D eigenvalue weighted by Gasteiger charge is 2.10. The Kier molecular flexibility index (Phi) is 3.71. The highest BCUT2D eigenvalue weighted by atomic mass is 79.9. The van der Waals surface area contributed by atoms with E-state index in [2.05, 4.69) is 15.9 Å². The van der Waals surface area contributed by atoms with E-state index in [1.807, 2.05) is 0 Å². The molecule has 0 spiro atoms. The molecule has 0 heterocycles. The Morgan fingerprint density at radius 1 is 1.26 bits per heavy atom. The molecule has 2 rings (SSSR count). The predicted octanol–water partition coefficient (Wildman–Crippen LogP) is 3.66. The molecule has 0 radical (unpaired) electrons. The molecule has 0 aromatic heterocycles. The maximum absolute atomic E-state index is 13.6. The van der Waals surface area contributed by atoms with Crippen LogP contribution in [0, 0.1) is 5.82 Å². The fourth-order valence-electron chi connectivity index (χ4n) is 1.48. The van der Waals surface area contributed by atoms with Crippen molar-refractivity contribution in [1.82, 2.24) is 0 Å². The van der Waals surface area contributed by atoms with Crippen LogP contribution in [0.2, 0.25) is 0 Å². The minimum absolute atomic E-state index is 0.0244. The van der Waals surface area contributed by atoms with Gasteiger partial charge in [-0.2, -0.15) is 0 Å². The van der Waals surface area contributed by atoms with Gasteiger partial charge in [0.1, 0.15) is 5.75 Å². The van der Waals surface area contributed by atoms with Gasteiger partial charge in [0.2, 0.25) is 0 Å². The molecule has 2 aromatic rings. The molecule has 0 amide bonds. The highest BCUT2D eigenvalue weighted by Crippen LogP contribution is 2.28. The maximum atomic E-state index is 13.6. The summed E-state index contributed by atoms with van der Waals surface area (Å²) in [5.41, 5.74) is 5.61. The van der Waals surface area contributed by atoms with Gasteiger partial charge in [-0.15, -0.1) is 0 Å². The van der Waals surface area contributed by atoms with Crippen molar-refractivity contribution in [2.24, 2.45) is 0 Å². The summed E-state index contributed by atoms with van der Waals surface area (Å²) in [6, 6.07) is 8.43. The van der Waals surface area contributed by atoms with Gasteiger partial charge in [0.05, 0.1) is 5.56 Å². The number of nitrogen functional groups attached to an aromatic ring is 1. The molecule has 0 aliphatic heterocycles. The number of hydrogen-bond acceptors (Lipinski definition) is 3. The summed E-state index contributed by atoms with van der Waals surface area (Å²) < 4.78 is 19.5. The minimum atomic E-state index is -1.13. The van der Waals surface area contributed by atoms with Gasteiger partial charge in [0.25, 0.3) is 0 Å². The topological polar surface area (TPSA) is 72.5 Å². The molecule has 0 saturated carbocycles. The summed E-state index contributed by atoms with van der Waals surface area (Å²) in [7, 11) is 0. The Morgan fingerprint density at radius 2 is 2.00 bits per heavy atom. The second-order valence-electron chi connectivity index (χ2n) is 3.73. The lowest BCUT2D eigenvalue weighted by Gasteiger charge is -2.08. The summed E-state index contributed by atoms with van der Waals surface area (Å²) in [5.74, 6) is -1.36. The molecule has 0 atom stereocenters. The van der Waals surface area contributed by atoms with Crippen LogP contribution < -0.4 is 10.5 Å². The molecule has 98 valence electrons. The molecular formula is C13H9BrFNO3. The number of aromatic carboxylic acids is 1. The Balaban J connectivity index is 2.29. The van der Waals surface area contributed by atoms with E-state index in [1.165, 1.54) is 30.3 Å². The van der Waals surface area contributed by atoms with E-state index in [9.17, 15) is 9.18 Å². The number of ether oxygens (including phenoxy) is 1. The molecule has 0 bridgehead atoms. The van der Waals surface area contributed by atoms with Gasteiger partial charge < -0.3 is 15.6 Å².